The van der Waals surface area contributed by atoms with Crippen LogP contribution in [0.1, 0.15) is 12.0 Å². The first-order valence-electron chi connectivity index (χ1n) is 7.59. The summed E-state index contributed by atoms with van der Waals surface area (Å²) in [7, 11) is 3.14. The van der Waals surface area contributed by atoms with Crippen LogP contribution < -0.4 is 20.1 Å². The van der Waals surface area contributed by atoms with E-state index in [1.54, 1.807) is 32.4 Å². The minimum atomic E-state index is -0.307. The molecule has 0 unspecified atom stereocenters. The summed E-state index contributed by atoms with van der Waals surface area (Å²) >= 11 is 0. The van der Waals surface area contributed by atoms with Gasteiger partial charge in [-0.05, 0) is 35.9 Å². The topological polar surface area (TPSA) is 59.6 Å². The van der Waals surface area contributed by atoms with Crippen LogP contribution in [0.2, 0.25) is 0 Å². The number of nitrogens with one attached hydrogen (secondary N) is 2. The van der Waals surface area contributed by atoms with Gasteiger partial charge in [-0.2, -0.15) is 0 Å². The first-order chi connectivity index (χ1) is 11.6. The van der Waals surface area contributed by atoms with Crippen LogP contribution in [0.5, 0.6) is 11.5 Å². The van der Waals surface area contributed by atoms with E-state index in [0.29, 0.717) is 36.7 Å². The van der Waals surface area contributed by atoms with Gasteiger partial charge in [0.15, 0.2) is 11.5 Å². The number of carbonyl (C=O) groups excluding carboxylic acids is 1. The third-order valence-electron chi connectivity index (χ3n) is 3.44. The van der Waals surface area contributed by atoms with Gasteiger partial charge in [0.05, 0.1) is 14.2 Å². The molecule has 5 nitrogen and oxygen atoms in total. The maximum Gasteiger partial charge on any atom is 0.222 e. The number of rotatable bonds is 8. The van der Waals surface area contributed by atoms with Gasteiger partial charge in [-0.1, -0.05) is 12.1 Å². The van der Waals surface area contributed by atoms with Crippen molar-refractivity contribution < 1.29 is 18.7 Å². The molecule has 24 heavy (non-hydrogen) atoms. The second-order valence-electron chi connectivity index (χ2n) is 5.15. The largest absolute Gasteiger partial charge is 0.493 e. The number of hydrogen-bond acceptors (Lipinski definition) is 4. The first-order valence-corrected chi connectivity index (χ1v) is 7.59. The van der Waals surface area contributed by atoms with Crippen molar-refractivity contribution >= 4 is 11.6 Å². The molecule has 6 heteroatoms. The Kier molecular flexibility index (Phi) is 6.42. The van der Waals surface area contributed by atoms with Gasteiger partial charge in [0.25, 0.3) is 0 Å². The van der Waals surface area contributed by atoms with Crippen molar-refractivity contribution in [2.75, 3.05) is 26.1 Å². The van der Waals surface area contributed by atoms with Crippen molar-refractivity contribution in [3.63, 3.8) is 0 Å². The van der Waals surface area contributed by atoms with E-state index in [0.717, 1.165) is 5.56 Å². The number of carbonyl (C=O) groups is 1. The molecule has 0 aliphatic rings. The Labute approximate surface area is 140 Å². The Bertz CT molecular complexity index is 692. The molecule has 0 heterocycles. The molecule has 0 aliphatic heterocycles. The summed E-state index contributed by atoms with van der Waals surface area (Å²) in [4.78, 5) is 11.9. The van der Waals surface area contributed by atoms with Crippen molar-refractivity contribution in [2.45, 2.75) is 13.0 Å². The summed E-state index contributed by atoms with van der Waals surface area (Å²) in [6, 6.07) is 11.6. The Morgan fingerprint density at radius 2 is 1.88 bits per heavy atom. The minimum absolute atomic E-state index is 0.0892. The van der Waals surface area contributed by atoms with E-state index < -0.39 is 0 Å². The van der Waals surface area contributed by atoms with Crippen LogP contribution in [0.15, 0.2) is 42.5 Å². The Morgan fingerprint density at radius 3 is 2.58 bits per heavy atom. The molecule has 0 saturated carbocycles. The summed E-state index contributed by atoms with van der Waals surface area (Å²) in [5.41, 5.74) is 1.57. The zero-order chi connectivity index (χ0) is 17.4. The third-order valence-corrected chi connectivity index (χ3v) is 3.44. The Balaban J connectivity index is 1.77. The molecule has 0 aliphatic carbocycles. The number of hydrogen-bond donors (Lipinski definition) is 2. The van der Waals surface area contributed by atoms with E-state index in [4.69, 9.17) is 9.47 Å². The van der Waals surface area contributed by atoms with Crippen molar-refractivity contribution in [3.8, 4) is 11.5 Å². The van der Waals surface area contributed by atoms with Gasteiger partial charge in [-0.3, -0.25) is 4.79 Å². The minimum Gasteiger partial charge on any atom is -0.493 e. The van der Waals surface area contributed by atoms with E-state index in [1.807, 2.05) is 12.1 Å². The molecule has 0 radical (unpaired) electrons. The van der Waals surface area contributed by atoms with Crippen molar-refractivity contribution in [1.82, 2.24) is 5.32 Å². The zero-order valence-corrected chi connectivity index (χ0v) is 13.8. The molecule has 128 valence electrons. The highest BCUT2D eigenvalue weighted by molar-refractivity contribution is 5.76. The number of ether oxygens (including phenoxy) is 2. The first kappa shape index (κ1) is 17.6. The molecular formula is C18H21FN2O3. The number of methoxy groups -OCH3 is 2. The maximum absolute atomic E-state index is 13.0. The van der Waals surface area contributed by atoms with E-state index in [-0.39, 0.29) is 11.7 Å². The lowest BCUT2D eigenvalue weighted by Gasteiger charge is -2.11. The molecule has 0 bridgehead atoms. The fraction of sp³-hybridized carbons (Fsp3) is 0.278. The summed E-state index contributed by atoms with van der Waals surface area (Å²) in [6.07, 6.45) is 0.295. The van der Waals surface area contributed by atoms with Crippen LogP contribution >= 0.6 is 0 Å². The van der Waals surface area contributed by atoms with Crippen LogP contribution in [0.3, 0.4) is 0 Å². The fourth-order valence-corrected chi connectivity index (χ4v) is 2.20. The summed E-state index contributed by atoms with van der Waals surface area (Å²) in [6.45, 7) is 0.834. The van der Waals surface area contributed by atoms with Gasteiger partial charge in [-0.15, -0.1) is 0 Å². The number of anilines is 1. The van der Waals surface area contributed by atoms with Gasteiger partial charge in [0, 0.05) is 25.2 Å². The summed E-state index contributed by atoms with van der Waals surface area (Å²) < 4.78 is 23.4. The smallest absolute Gasteiger partial charge is 0.222 e. The average Bonchev–Trinajstić information content (AvgIpc) is 2.59. The van der Waals surface area contributed by atoms with E-state index in [9.17, 15) is 9.18 Å². The molecule has 0 fully saturated rings. The van der Waals surface area contributed by atoms with Crippen LogP contribution in [0.25, 0.3) is 0 Å². The predicted octanol–water partition coefficient (Wildman–Crippen LogP) is 2.96. The Morgan fingerprint density at radius 1 is 1.08 bits per heavy atom. The molecule has 0 atom stereocenters. The average molecular weight is 332 g/mol. The standard InChI is InChI=1S/C18H21FN2O3/c1-23-16-7-6-13(10-17(16)24-2)12-21-18(22)8-9-20-15-5-3-4-14(19)11-15/h3-7,10-11,20H,8-9,12H2,1-2H3,(H,21,22). The molecule has 2 aromatic carbocycles. The highest BCUT2D eigenvalue weighted by Gasteiger charge is 2.06. The molecule has 0 aromatic heterocycles. The Hall–Kier alpha value is -2.76. The molecule has 0 saturated heterocycles. The van der Waals surface area contributed by atoms with Crippen molar-refractivity contribution in [3.05, 3.63) is 53.8 Å². The highest BCUT2D eigenvalue weighted by Crippen LogP contribution is 2.27. The third kappa shape index (κ3) is 5.15. The van der Waals surface area contributed by atoms with Gasteiger partial charge in [0.1, 0.15) is 5.82 Å². The molecule has 0 spiro atoms. The maximum atomic E-state index is 13.0. The molecule has 2 N–H and O–H groups in total. The van der Waals surface area contributed by atoms with Crippen LogP contribution in [-0.2, 0) is 11.3 Å². The fourth-order valence-electron chi connectivity index (χ4n) is 2.20. The van der Waals surface area contributed by atoms with Gasteiger partial charge >= 0.3 is 0 Å². The van der Waals surface area contributed by atoms with Crippen molar-refractivity contribution in [1.29, 1.82) is 0 Å². The van der Waals surface area contributed by atoms with Crippen molar-refractivity contribution in [2.24, 2.45) is 0 Å². The summed E-state index contributed by atoms with van der Waals surface area (Å²) in [5.74, 6) is 0.871. The zero-order valence-electron chi connectivity index (χ0n) is 13.8. The number of halogens is 1. The lowest BCUT2D eigenvalue weighted by Crippen LogP contribution is -2.24. The van der Waals surface area contributed by atoms with Crippen LogP contribution in [0.4, 0.5) is 10.1 Å². The predicted molar refractivity (Wildman–Crippen MR) is 90.9 cm³/mol. The van der Waals surface area contributed by atoms with E-state index in [1.165, 1.54) is 12.1 Å². The molecule has 2 aromatic rings. The van der Waals surface area contributed by atoms with Gasteiger partial charge in [0.2, 0.25) is 5.91 Å². The SMILES string of the molecule is COc1ccc(CNC(=O)CCNc2cccc(F)c2)cc1OC. The quantitative estimate of drug-likeness (QED) is 0.780. The second kappa shape index (κ2) is 8.76. The normalized spacial score (nSPS) is 10.1. The van der Waals surface area contributed by atoms with Gasteiger partial charge < -0.3 is 20.1 Å². The lowest BCUT2D eigenvalue weighted by atomic mass is 10.2. The number of amides is 1. The summed E-state index contributed by atoms with van der Waals surface area (Å²) in [5, 5.41) is 5.85. The number of benzene rings is 2. The highest BCUT2D eigenvalue weighted by atomic mass is 19.1. The lowest BCUT2D eigenvalue weighted by molar-refractivity contribution is -0.121. The van der Waals surface area contributed by atoms with Crippen LogP contribution in [0, 0.1) is 5.82 Å². The van der Waals surface area contributed by atoms with E-state index in [2.05, 4.69) is 10.6 Å². The van der Waals surface area contributed by atoms with Gasteiger partial charge in [-0.25, -0.2) is 4.39 Å². The monoisotopic (exact) mass is 332 g/mol. The molecule has 1 amide bonds. The molecule has 2 rings (SSSR count). The van der Waals surface area contributed by atoms with E-state index >= 15 is 0 Å². The second-order valence-corrected chi connectivity index (χ2v) is 5.15. The van der Waals surface area contributed by atoms with Crippen LogP contribution in [-0.4, -0.2) is 26.7 Å². The molecular weight excluding hydrogens is 311 g/mol.